The Balaban J connectivity index is 0. The molecule has 49 heavy (non-hydrogen) atoms. The zero-order valence-corrected chi connectivity index (χ0v) is 40.4. The van der Waals surface area contributed by atoms with E-state index >= 15 is 0 Å². The minimum absolute atomic E-state index is 0.140. The summed E-state index contributed by atoms with van der Waals surface area (Å²) in [6.45, 7) is 20.7. The van der Waals surface area contributed by atoms with Crippen molar-refractivity contribution in [2.24, 2.45) is 0 Å². The first-order valence-corrected chi connectivity index (χ1v) is 22.9. The Morgan fingerprint density at radius 3 is 1.55 bits per heavy atom. The molecular formula is C38H63BBrI3N2O4. The zero-order valence-electron chi connectivity index (χ0n) is 32.3. The standard InChI is InChI=1S/C13H17NO.C12H22BNO2.C7H7BrO.2C2H6.CH2I2.CH3I/c1-14-9-7-11(8-10-14)12-5-3-4-6-13(12)15-2;1-11(2)12(3,4)16-13(15-11)10-6-8-14(5)9-7-10;1-9-7-5-3-2-4-6(7)8;2*1-2;2-1-3;1-2/h3-7H,8-10H2,1-2H3;6H,7-9H2,1-5H3;2-5H,1H3;2*1-2H3;1H2;1H3. The molecule has 0 unspecified atom stereocenters. The van der Waals surface area contributed by atoms with Gasteiger partial charge in [0.15, 0.2) is 0 Å². The van der Waals surface area contributed by atoms with E-state index in [-0.39, 0.29) is 18.3 Å². The molecule has 0 amide bonds. The number of ether oxygens (including phenoxy) is 2. The van der Waals surface area contributed by atoms with Crippen molar-refractivity contribution in [1.82, 2.24) is 9.80 Å². The first-order valence-electron chi connectivity index (χ1n) is 16.9. The molecule has 0 aliphatic carbocycles. The third-order valence-electron chi connectivity index (χ3n) is 7.93. The number of methoxy groups -OCH3 is 2. The summed E-state index contributed by atoms with van der Waals surface area (Å²) in [7, 11) is 7.53. The van der Waals surface area contributed by atoms with Crippen LogP contribution in [-0.4, -0.2) is 90.0 Å². The Hall–Kier alpha value is 0.0949. The molecule has 0 spiro atoms. The molecule has 280 valence electrons. The van der Waals surface area contributed by atoms with Gasteiger partial charge in [-0.3, -0.25) is 0 Å². The van der Waals surface area contributed by atoms with E-state index in [1.807, 2.05) is 69.0 Å². The molecule has 6 nitrogen and oxygen atoms in total. The fourth-order valence-corrected chi connectivity index (χ4v) is 4.98. The fourth-order valence-electron chi connectivity index (χ4n) is 4.53. The van der Waals surface area contributed by atoms with E-state index in [2.05, 4.69) is 160 Å². The third kappa shape index (κ3) is 19.1. The molecule has 5 rings (SSSR count). The molecule has 1 saturated heterocycles. The Bertz CT molecular complexity index is 1190. The second kappa shape index (κ2) is 29.5. The predicted molar refractivity (Wildman–Crippen MR) is 246 cm³/mol. The molecule has 0 atom stereocenters. The quantitative estimate of drug-likeness (QED) is 0.173. The molecule has 2 aromatic rings. The number of benzene rings is 2. The molecule has 0 bridgehead atoms. The lowest BCUT2D eigenvalue weighted by molar-refractivity contribution is 0.00578. The van der Waals surface area contributed by atoms with Crippen LogP contribution in [0.15, 0.2) is 70.6 Å². The van der Waals surface area contributed by atoms with E-state index in [9.17, 15) is 0 Å². The summed E-state index contributed by atoms with van der Waals surface area (Å²) in [5, 5.41) is 0. The maximum absolute atomic E-state index is 6.03. The first-order chi connectivity index (χ1) is 23.4. The van der Waals surface area contributed by atoms with Gasteiger partial charge in [0.2, 0.25) is 0 Å². The number of nitrogens with zero attached hydrogens (tertiary/aromatic N) is 2. The van der Waals surface area contributed by atoms with Gasteiger partial charge in [-0.15, -0.1) is 0 Å². The summed E-state index contributed by atoms with van der Waals surface area (Å²) in [4.78, 5) is 6.59. The lowest BCUT2D eigenvalue weighted by atomic mass is 9.75. The maximum Gasteiger partial charge on any atom is 0.490 e. The second-order valence-corrected chi connectivity index (χ2v) is 16.9. The van der Waals surface area contributed by atoms with Crippen molar-refractivity contribution in [2.75, 3.05) is 61.9 Å². The highest BCUT2D eigenvalue weighted by Gasteiger charge is 2.52. The second-order valence-electron chi connectivity index (χ2n) is 11.6. The number of hydrogen-bond acceptors (Lipinski definition) is 6. The van der Waals surface area contributed by atoms with Gasteiger partial charge in [-0.25, -0.2) is 0 Å². The van der Waals surface area contributed by atoms with Crippen molar-refractivity contribution in [3.05, 3.63) is 76.2 Å². The Morgan fingerprint density at radius 1 is 0.735 bits per heavy atom. The van der Waals surface area contributed by atoms with E-state index in [4.69, 9.17) is 18.8 Å². The van der Waals surface area contributed by atoms with Gasteiger partial charge in [0.05, 0.1) is 32.3 Å². The number of halogens is 4. The first kappa shape index (κ1) is 51.2. The van der Waals surface area contributed by atoms with Crippen LogP contribution in [0.2, 0.25) is 0 Å². The number of rotatable bonds is 4. The number of para-hydroxylation sites is 2. The van der Waals surface area contributed by atoms with Crippen molar-refractivity contribution < 1.29 is 18.8 Å². The van der Waals surface area contributed by atoms with E-state index in [0.29, 0.717) is 0 Å². The van der Waals surface area contributed by atoms with E-state index in [1.165, 1.54) is 19.0 Å². The van der Waals surface area contributed by atoms with Crippen LogP contribution in [0.4, 0.5) is 0 Å². The van der Waals surface area contributed by atoms with Gasteiger partial charge in [0.1, 0.15) is 11.5 Å². The summed E-state index contributed by atoms with van der Waals surface area (Å²) < 4.78 is 24.6. The summed E-state index contributed by atoms with van der Waals surface area (Å²) in [6.07, 6.45) is 6.69. The monoisotopic (exact) mass is 1080 g/mol. The summed E-state index contributed by atoms with van der Waals surface area (Å²) in [6, 6.07) is 16.0. The van der Waals surface area contributed by atoms with Crippen molar-refractivity contribution >= 4 is 96.4 Å². The van der Waals surface area contributed by atoms with Crippen LogP contribution in [0.25, 0.3) is 5.57 Å². The third-order valence-corrected chi connectivity index (χ3v) is 8.58. The van der Waals surface area contributed by atoms with Gasteiger partial charge in [0, 0.05) is 31.7 Å². The van der Waals surface area contributed by atoms with Crippen molar-refractivity contribution in [3.63, 3.8) is 0 Å². The average molecular weight is 1080 g/mol. The number of hydrogen-bond donors (Lipinski definition) is 0. The van der Waals surface area contributed by atoms with Gasteiger partial charge in [-0.05, 0) is 105 Å². The number of likely N-dealkylation sites (N-methyl/N-ethyl adjacent to an activating group) is 2. The molecule has 2 aromatic carbocycles. The zero-order chi connectivity index (χ0) is 38.0. The normalized spacial score (nSPS) is 17.3. The maximum atomic E-state index is 6.03. The van der Waals surface area contributed by atoms with Gasteiger partial charge in [0.25, 0.3) is 0 Å². The highest BCUT2D eigenvalue weighted by molar-refractivity contribution is 14.2. The summed E-state index contributed by atoms with van der Waals surface area (Å²) in [5.41, 5.74) is 3.51. The molecule has 1 fully saturated rings. The van der Waals surface area contributed by atoms with Gasteiger partial charge in [-0.2, -0.15) is 0 Å². The van der Waals surface area contributed by atoms with Crippen LogP contribution in [-0.2, 0) is 9.31 Å². The summed E-state index contributed by atoms with van der Waals surface area (Å²) in [5.74, 6) is 1.85. The molecule has 0 N–H and O–H groups in total. The fraction of sp³-hybridized carbons (Fsp3) is 0.579. The minimum atomic E-state index is -0.220. The molecule has 3 aliphatic rings. The molecule has 0 aromatic heterocycles. The van der Waals surface area contributed by atoms with E-state index in [0.717, 1.165) is 55.0 Å². The molecule has 3 heterocycles. The predicted octanol–water partition coefficient (Wildman–Crippen LogP) is 11.7. The molecule has 3 aliphatic heterocycles. The number of alkyl halides is 3. The molecule has 0 radical (unpaired) electrons. The molecule has 11 heteroatoms. The summed E-state index contributed by atoms with van der Waals surface area (Å²) >= 11 is 10.0. The van der Waals surface area contributed by atoms with Crippen LogP contribution in [0, 0.1) is 0 Å². The Kier molecular flexibility index (Phi) is 30.9. The van der Waals surface area contributed by atoms with Crippen molar-refractivity contribution in [1.29, 1.82) is 0 Å². The lowest BCUT2D eigenvalue weighted by Gasteiger charge is -2.32. The van der Waals surface area contributed by atoms with Crippen LogP contribution in [0.5, 0.6) is 11.5 Å². The highest BCUT2D eigenvalue weighted by atomic mass is 127. The molecular weight excluding hydrogens is 1020 g/mol. The largest absolute Gasteiger partial charge is 0.496 e. The van der Waals surface area contributed by atoms with Gasteiger partial charge in [-0.1, -0.05) is 138 Å². The smallest absolute Gasteiger partial charge is 0.490 e. The van der Waals surface area contributed by atoms with Crippen LogP contribution in [0.3, 0.4) is 0 Å². The van der Waals surface area contributed by atoms with E-state index in [1.54, 1.807) is 14.2 Å². The van der Waals surface area contributed by atoms with Crippen LogP contribution >= 0.6 is 83.7 Å². The van der Waals surface area contributed by atoms with E-state index < -0.39 is 0 Å². The van der Waals surface area contributed by atoms with Crippen LogP contribution in [0.1, 0.15) is 73.8 Å². The SMILES string of the molecule is CC.CC.CI.CN1CC=C(B2OC(C)(C)C(C)(C)O2)CC1.COc1ccccc1Br.COc1ccccc1C1=CCN(C)CC1.ICI. The van der Waals surface area contributed by atoms with Crippen molar-refractivity contribution in [3.8, 4) is 11.5 Å². The van der Waals surface area contributed by atoms with Crippen molar-refractivity contribution in [2.45, 2.75) is 79.4 Å². The molecule has 0 saturated carbocycles. The van der Waals surface area contributed by atoms with Gasteiger partial charge >= 0.3 is 7.12 Å². The highest BCUT2D eigenvalue weighted by Crippen LogP contribution is 2.39. The lowest BCUT2D eigenvalue weighted by Crippen LogP contribution is -2.41. The average Bonchev–Trinajstić information content (AvgIpc) is 3.35. The van der Waals surface area contributed by atoms with Gasteiger partial charge < -0.3 is 28.6 Å². The Labute approximate surface area is 350 Å². The topological polar surface area (TPSA) is 43.4 Å². The minimum Gasteiger partial charge on any atom is -0.496 e. The van der Waals surface area contributed by atoms with Crippen LogP contribution < -0.4 is 9.47 Å². The Morgan fingerprint density at radius 2 is 1.16 bits per heavy atom.